The van der Waals surface area contributed by atoms with E-state index in [9.17, 15) is 0 Å². The Morgan fingerprint density at radius 2 is 1.56 bits per heavy atom. The predicted molar refractivity (Wildman–Crippen MR) is 73.0 cm³/mol. The van der Waals surface area contributed by atoms with Crippen molar-refractivity contribution in [1.82, 2.24) is 0 Å². The van der Waals surface area contributed by atoms with Crippen LogP contribution >= 0.6 is 0 Å². The monoisotopic (exact) mass is 246 g/mol. The summed E-state index contributed by atoms with van der Waals surface area (Å²) in [6, 6.07) is 0. The first kappa shape index (κ1) is 11.4. The zero-order valence-corrected chi connectivity index (χ0v) is 11.4. The average Bonchev–Trinajstić information content (AvgIpc) is 3.26. The Hall–Kier alpha value is -0.460. The summed E-state index contributed by atoms with van der Waals surface area (Å²) in [4.78, 5) is 0. The Bertz CT molecular complexity index is 348. The lowest BCUT2D eigenvalue weighted by Crippen LogP contribution is -2.18. The van der Waals surface area contributed by atoms with E-state index in [1.165, 1.54) is 51.4 Å². The standard InChI is InChI=1S/C17H26O/c1-11(13-4-5-15-9-17(15)7-13)18-10-12-2-3-14-8-16(14)6-12/h12-17H,1-10H2. The molecule has 0 aromatic rings. The minimum Gasteiger partial charge on any atom is -0.498 e. The third kappa shape index (κ3) is 2.21. The molecule has 0 amide bonds. The smallest absolute Gasteiger partial charge is 0.0919 e. The van der Waals surface area contributed by atoms with Crippen LogP contribution in [0.1, 0.15) is 51.4 Å². The zero-order valence-electron chi connectivity index (χ0n) is 11.4. The molecule has 18 heavy (non-hydrogen) atoms. The van der Waals surface area contributed by atoms with Crippen molar-refractivity contribution in [3.8, 4) is 0 Å². The number of allylic oxidation sites excluding steroid dienone is 1. The molecule has 0 aromatic carbocycles. The van der Waals surface area contributed by atoms with Crippen LogP contribution < -0.4 is 0 Å². The molecule has 4 saturated carbocycles. The lowest BCUT2D eigenvalue weighted by atomic mass is 9.87. The highest BCUT2D eigenvalue weighted by molar-refractivity contribution is 5.02. The van der Waals surface area contributed by atoms with Gasteiger partial charge in [0, 0.05) is 5.92 Å². The van der Waals surface area contributed by atoms with Crippen molar-refractivity contribution in [2.75, 3.05) is 6.61 Å². The summed E-state index contributed by atoms with van der Waals surface area (Å²) in [5, 5.41) is 0. The third-order valence-corrected chi connectivity index (χ3v) is 6.15. The summed E-state index contributed by atoms with van der Waals surface area (Å²) >= 11 is 0. The topological polar surface area (TPSA) is 9.23 Å². The quantitative estimate of drug-likeness (QED) is 0.668. The average molecular weight is 246 g/mol. The minimum atomic E-state index is 0.686. The van der Waals surface area contributed by atoms with Gasteiger partial charge in [-0.2, -0.15) is 0 Å². The summed E-state index contributed by atoms with van der Waals surface area (Å²) < 4.78 is 6.06. The second-order valence-corrected chi connectivity index (χ2v) is 7.48. The van der Waals surface area contributed by atoms with Crippen LogP contribution in [0.5, 0.6) is 0 Å². The van der Waals surface area contributed by atoms with Gasteiger partial charge in [-0.1, -0.05) is 6.58 Å². The van der Waals surface area contributed by atoms with Gasteiger partial charge in [0.2, 0.25) is 0 Å². The Labute approximate surface area is 111 Å². The molecule has 4 aliphatic carbocycles. The molecule has 0 N–H and O–H groups in total. The fourth-order valence-electron chi connectivity index (χ4n) is 4.59. The van der Waals surface area contributed by atoms with Gasteiger partial charge >= 0.3 is 0 Å². The van der Waals surface area contributed by atoms with Crippen molar-refractivity contribution < 1.29 is 4.74 Å². The molecule has 100 valence electrons. The molecule has 6 atom stereocenters. The van der Waals surface area contributed by atoms with E-state index in [0.29, 0.717) is 5.92 Å². The Kier molecular flexibility index (Phi) is 2.71. The molecule has 0 bridgehead atoms. The van der Waals surface area contributed by atoms with Crippen molar-refractivity contribution in [3.63, 3.8) is 0 Å². The molecule has 0 radical (unpaired) electrons. The Balaban J connectivity index is 1.23. The molecular formula is C17H26O. The molecule has 0 aromatic heterocycles. The number of hydrogen-bond donors (Lipinski definition) is 0. The lowest BCUT2D eigenvalue weighted by Gasteiger charge is -2.26. The number of rotatable bonds is 4. The largest absolute Gasteiger partial charge is 0.498 e. The molecule has 0 saturated heterocycles. The first-order valence-corrected chi connectivity index (χ1v) is 8.11. The Morgan fingerprint density at radius 1 is 0.833 bits per heavy atom. The van der Waals surface area contributed by atoms with Crippen LogP contribution in [-0.2, 0) is 4.74 Å². The molecule has 4 aliphatic rings. The highest BCUT2D eigenvalue weighted by Crippen LogP contribution is 2.53. The summed E-state index contributed by atoms with van der Waals surface area (Å²) in [5.41, 5.74) is 0. The van der Waals surface area contributed by atoms with Gasteiger partial charge in [0.05, 0.1) is 12.4 Å². The second kappa shape index (κ2) is 4.28. The molecule has 1 nitrogen and oxygen atoms in total. The molecule has 1 heteroatoms. The van der Waals surface area contributed by atoms with E-state index in [2.05, 4.69) is 6.58 Å². The van der Waals surface area contributed by atoms with Gasteiger partial charge in [-0.25, -0.2) is 0 Å². The molecular weight excluding hydrogens is 220 g/mol. The van der Waals surface area contributed by atoms with Gasteiger partial charge in [-0.3, -0.25) is 0 Å². The fourth-order valence-corrected chi connectivity index (χ4v) is 4.59. The van der Waals surface area contributed by atoms with Crippen molar-refractivity contribution >= 4 is 0 Å². The van der Waals surface area contributed by atoms with Crippen LogP contribution in [0.2, 0.25) is 0 Å². The number of hydrogen-bond acceptors (Lipinski definition) is 1. The van der Waals surface area contributed by atoms with E-state index in [4.69, 9.17) is 4.74 Å². The normalized spacial score (nSPS) is 48.9. The van der Waals surface area contributed by atoms with E-state index in [-0.39, 0.29) is 0 Å². The van der Waals surface area contributed by atoms with Crippen molar-refractivity contribution in [1.29, 1.82) is 0 Å². The fraction of sp³-hybridized carbons (Fsp3) is 0.882. The van der Waals surface area contributed by atoms with Crippen LogP contribution in [0.4, 0.5) is 0 Å². The summed E-state index contributed by atoms with van der Waals surface area (Å²) in [6.45, 7) is 5.19. The molecule has 0 aliphatic heterocycles. The van der Waals surface area contributed by atoms with Crippen LogP contribution in [0.3, 0.4) is 0 Å². The van der Waals surface area contributed by atoms with E-state index in [1.54, 1.807) is 0 Å². The number of fused-ring (bicyclic) bond motifs is 2. The third-order valence-electron chi connectivity index (χ3n) is 6.15. The van der Waals surface area contributed by atoms with Gasteiger partial charge in [0.15, 0.2) is 0 Å². The van der Waals surface area contributed by atoms with Gasteiger partial charge in [0.25, 0.3) is 0 Å². The first-order chi connectivity index (χ1) is 8.79. The van der Waals surface area contributed by atoms with Gasteiger partial charge in [-0.05, 0) is 81.0 Å². The van der Waals surface area contributed by atoms with Crippen LogP contribution in [0.15, 0.2) is 12.3 Å². The summed E-state index contributed by atoms with van der Waals surface area (Å²) in [5.74, 6) is 6.94. The maximum absolute atomic E-state index is 6.06. The molecule has 0 heterocycles. The molecule has 4 rings (SSSR count). The van der Waals surface area contributed by atoms with Gasteiger partial charge < -0.3 is 4.74 Å². The SMILES string of the molecule is C=C(OCC1CCC2CC2C1)C1CCC2CC2C1. The predicted octanol–water partition coefficient (Wildman–Crippen LogP) is 4.39. The van der Waals surface area contributed by atoms with Crippen molar-refractivity contribution in [2.45, 2.75) is 51.4 Å². The van der Waals surface area contributed by atoms with Gasteiger partial charge in [-0.15, -0.1) is 0 Å². The maximum Gasteiger partial charge on any atom is 0.0919 e. The second-order valence-electron chi connectivity index (χ2n) is 7.48. The van der Waals surface area contributed by atoms with Crippen molar-refractivity contribution in [3.05, 3.63) is 12.3 Å². The lowest BCUT2D eigenvalue weighted by molar-refractivity contribution is 0.109. The van der Waals surface area contributed by atoms with Crippen molar-refractivity contribution in [2.24, 2.45) is 35.5 Å². The number of ether oxygens (including phenoxy) is 1. The van der Waals surface area contributed by atoms with E-state index in [0.717, 1.165) is 42.0 Å². The van der Waals surface area contributed by atoms with Crippen LogP contribution in [0.25, 0.3) is 0 Å². The highest BCUT2D eigenvalue weighted by Gasteiger charge is 2.44. The highest BCUT2D eigenvalue weighted by atomic mass is 16.5. The maximum atomic E-state index is 6.06. The summed E-state index contributed by atoms with van der Waals surface area (Å²) in [7, 11) is 0. The zero-order chi connectivity index (χ0) is 12.1. The van der Waals surface area contributed by atoms with E-state index >= 15 is 0 Å². The molecule has 6 unspecified atom stereocenters. The molecule has 4 fully saturated rings. The first-order valence-electron chi connectivity index (χ1n) is 8.11. The Morgan fingerprint density at radius 3 is 2.28 bits per heavy atom. The molecule has 0 spiro atoms. The van der Waals surface area contributed by atoms with E-state index in [1.807, 2.05) is 0 Å². The van der Waals surface area contributed by atoms with Crippen LogP contribution in [0, 0.1) is 35.5 Å². The minimum absolute atomic E-state index is 0.686. The summed E-state index contributed by atoms with van der Waals surface area (Å²) in [6.07, 6.45) is 11.5. The van der Waals surface area contributed by atoms with Crippen LogP contribution in [-0.4, -0.2) is 6.61 Å². The van der Waals surface area contributed by atoms with Gasteiger partial charge in [0.1, 0.15) is 0 Å². The van der Waals surface area contributed by atoms with E-state index < -0.39 is 0 Å².